The van der Waals surface area contributed by atoms with Gasteiger partial charge in [0, 0.05) is 0 Å². The van der Waals surface area contributed by atoms with Crippen molar-refractivity contribution >= 4 is 12.2 Å². The molecule has 0 saturated heterocycles. The zero-order valence-electron chi connectivity index (χ0n) is 9.68. The van der Waals surface area contributed by atoms with Gasteiger partial charge < -0.3 is 15.8 Å². The van der Waals surface area contributed by atoms with Gasteiger partial charge in [0.2, 0.25) is 5.91 Å². The summed E-state index contributed by atoms with van der Waals surface area (Å²) in [5, 5.41) is 5.21. The van der Waals surface area contributed by atoms with Gasteiger partial charge in [0.05, 0.1) is 6.04 Å². The van der Waals surface area contributed by atoms with Crippen LogP contribution in [0.4, 0.5) is 0 Å². The highest BCUT2D eigenvalue weighted by Gasteiger charge is 2.22. The average Bonchev–Trinajstić information content (AvgIpc) is 2.24. The Morgan fingerprint density at radius 2 is 2.12 bits per heavy atom. The Balaban J connectivity index is 4.28. The van der Waals surface area contributed by atoms with Crippen LogP contribution in [-0.4, -0.2) is 30.8 Å². The molecule has 6 nitrogen and oxygen atoms in total. The van der Waals surface area contributed by atoms with Crippen molar-refractivity contribution in [2.24, 2.45) is 16.8 Å². The Morgan fingerprint density at radius 1 is 1.50 bits per heavy atom. The van der Waals surface area contributed by atoms with Crippen LogP contribution < -0.4 is 11.1 Å². The molecule has 0 aliphatic rings. The molecule has 0 aliphatic carbocycles. The molecule has 0 unspecified atom stereocenters. The minimum atomic E-state index is -0.930. The standard InChI is InChI=1S/C10H19N3O3/c1-7(2)5-9(13-16)10(15)12-8(6-14)3-4-11/h6-9H,3-5,11H2,1-2H3,(H,12,15)/t8-,9-/m0/s1. The number of nitroso groups, excluding NO2 is 1. The van der Waals surface area contributed by atoms with Gasteiger partial charge >= 0.3 is 0 Å². The minimum Gasteiger partial charge on any atom is -0.345 e. The SMILES string of the molecule is CC(C)C[C@H](N=O)C(=O)N[C@H](C=O)CCN. The molecule has 0 aromatic carbocycles. The lowest BCUT2D eigenvalue weighted by Gasteiger charge is -2.15. The van der Waals surface area contributed by atoms with Crippen LogP contribution >= 0.6 is 0 Å². The van der Waals surface area contributed by atoms with E-state index in [-0.39, 0.29) is 5.92 Å². The number of nitrogens with two attached hydrogens (primary N) is 1. The number of nitrogens with zero attached hydrogens (tertiary/aromatic N) is 1. The number of carbonyl (C=O) groups is 2. The first-order valence-corrected chi connectivity index (χ1v) is 5.33. The van der Waals surface area contributed by atoms with E-state index >= 15 is 0 Å². The molecule has 92 valence electrons. The van der Waals surface area contributed by atoms with Crippen LogP contribution in [0.15, 0.2) is 5.18 Å². The van der Waals surface area contributed by atoms with Crippen molar-refractivity contribution in [1.29, 1.82) is 0 Å². The van der Waals surface area contributed by atoms with Crippen LogP contribution in [0.3, 0.4) is 0 Å². The number of carbonyl (C=O) groups excluding carboxylic acids is 2. The molecular weight excluding hydrogens is 210 g/mol. The normalized spacial score (nSPS) is 14.2. The van der Waals surface area contributed by atoms with Crippen LogP contribution in [0, 0.1) is 10.8 Å². The van der Waals surface area contributed by atoms with Crippen molar-refractivity contribution in [3.05, 3.63) is 4.91 Å². The number of nitrogens with one attached hydrogen (secondary N) is 1. The molecule has 0 radical (unpaired) electrons. The predicted molar refractivity (Wildman–Crippen MR) is 60.7 cm³/mol. The van der Waals surface area contributed by atoms with Gasteiger partial charge in [-0.05, 0) is 25.3 Å². The molecule has 1 amide bonds. The maximum absolute atomic E-state index is 11.5. The fraction of sp³-hybridized carbons (Fsp3) is 0.800. The Labute approximate surface area is 94.9 Å². The molecule has 2 atom stereocenters. The molecule has 0 fully saturated rings. The first-order valence-electron chi connectivity index (χ1n) is 5.33. The molecule has 0 spiro atoms. The summed E-state index contributed by atoms with van der Waals surface area (Å²) in [6.07, 6.45) is 1.36. The van der Waals surface area contributed by atoms with E-state index in [9.17, 15) is 14.5 Å². The minimum absolute atomic E-state index is 0.192. The number of hydrogen-bond acceptors (Lipinski definition) is 5. The van der Waals surface area contributed by atoms with E-state index in [1.807, 2.05) is 13.8 Å². The van der Waals surface area contributed by atoms with Crippen molar-refractivity contribution in [1.82, 2.24) is 5.32 Å². The first-order chi connectivity index (χ1) is 7.54. The summed E-state index contributed by atoms with van der Waals surface area (Å²) in [4.78, 5) is 32.6. The van der Waals surface area contributed by atoms with Gasteiger partial charge in [0.1, 0.15) is 6.29 Å². The summed E-state index contributed by atoms with van der Waals surface area (Å²) in [6, 6.07) is -1.56. The van der Waals surface area contributed by atoms with E-state index in [0.717, 1.165) is 0 Å². The Hall–Kier alpha value is -1.30. The molecule has 0 heterocycles. The van der Waals surface area contributed by atoms with Crippen molar-refractivity contribution in [2.45, 2.75) is 38.8 Å². The maximum Gasteiger partial charge on any atom is 0.249 e. The topological polar surface area (TPSA) is 102 Å². The Morgan fingerprint density at radius 3 is 2.50 bits per heavy atom. The third-order valence-electron chi connectivity index (χ3n) is 2.09. The van der Waals surface area contributed by atoms with E-state index in [2.05, 4.69) is 10.5 Å². The fourth-order valence-electron chi connectivity index (χ4n) is 1.28. The molecule has 3 N–H and O–H groups in total. The van der Waals surface area contributed by atoms with E-state index in [0.29, 0.717) is 25.7 Å². The van der Waals surface area contributed by atoms with Gasteiger partial charge in [-0.3, -0.25) is 4.79 Å². The molecule has 0 aromatic heterocycles. The highest BCUT2D eigenvalue weighted by atomic mass is 16.3. The van der Waals surface area contributed by atoms with Gasteiger partial charge in [-0.2, -0.15) is 0 Å². The molecule has 16 heavy (non-hydrogen) atoms. The van der Waals surface area contributed by atoms with E-state index in [1.165, 1.54) is 0 Å². The summed E-state index contributed by atoms with van der Waals surface area (Å²) >= 11 is 0. The van der Waals surface area contributed by atoms with Gasteiger partial charge in [-0.1, -0.05) is 19.0 Å². The second-order valence-corrected chi connectivity index (χ2v) is 4.08. The Kier molecular flexibility index (Phi) is 7.28. The quantitative estimate of drug-likeness (QED) is 0.458. The smallest absolute Gasteiger partial charge is 0.249 e. The third kappa shape index (κ3) is 5.55. The highest BCUT2D eigenvalue weighted by Crippen LogP contribution is 2.08. The lowest BCUT2D eigenvalue weighted by molar-refractivity contribution is -0.125. The largest absolute Gasteiger partial charge is 0.345 e. The number of hydrogen-bond donors (Lipinski definition) is 2. The summed E-state index contributed by atoms with van der Waals surface area (Å²) < 4.78 is 0. The van der Waals surface area contributed by atoms with Crippen molar-refractivity contribution < 1.29 is 9.59 Å². The lowest BCUT2D eigenvalue weighted by atomic mass is 10.0. The second-order valence-electron chi connectivity index (χ2n) is 4.08. The van der Waals surface area contributed by atoms with Crippen LogP contribution in [0.2, 0.25) is 0 Å². The van der Waals surface area contributed by atoms with Crippen LogP contribution in [0.5, 0.6) is 0 Å². The Bertz CT molecular complexity index is 243. The molecule has 0 saturated carbocycles. The number of amides is 1. The van der Waals surface area contributed by atoms with Crippen LogP contribution in [0.25, 0.3) is 0 Å². The zero-order chi connectivity index (χ0) is 12.6. The predicted octanol–water partition coefficient (Wildman–Crippen LogP) is 0.200. The fourth-order valence-corrected chi connectivity index (χ4v) is 1.28. The van der Waals surface area contributed by atoms with Gasteiger partial charge in [0.15, 0.2) is 6.04 Å². The zero-order valence-corrected chi connectivity index (χ0v) is 9.68. The highest BCUT2D eigenvalue weighted by molar-refractivity contribution is 5.84. The van der Waals surface area contributed by atoms with Crippen molar-refractivity contribution in [3.63, 3.8) is 0 Å². The van der Waals surface area contributed by atoms with Gasteiger partial charge in [-0.25, -0.2) is 0 Å². The molecular formula is C10H19N3O3. The molecule has 6 heteroatoms. The van der Waals surface area contributed by atoms with Crippen LogP contribution in [-0.2, 0) is 9.59 Å². The first kappa shape index (κ1) is 14.7. The molecule has 0 bridgehead atoms. The second kappa shape index (κ2) is 7.92. The van der Waals surface area contributed by atoms with Gasteiger partial charge in [0.25, 0.3) is 0 Å². The third-order valence-corrected chi connectivity index (χ3v) is 2.09. The molecule has 0 aromatic rings. The van der Waals surface area contributed by atoms with Crippen molar-refractivity contribution in [2.75, 3.05) is 6.54 Å². The molecule has 0 aliphatic heterocycles. The van der Waals surface area contributed by atoms with E-state index in [1.54, 1.807) is 0 Å². The average molecular weight is 229 g/mol. The number of rotatable bonds is 8. The number of aldehydes is 1. The van der Waals surface area contributed by atoms with Crippen molar-refractivity contribution in [3.8, 4) is 0 Å². The summed E-state index contributed by atoms with van der Waals surface area (Å²) in [5.41, 5.74) is 5.27. The van der Waals surface area contributed by atoms with E-state index in [4.69, 9.17) is 5.73 Å². The monoisotopic (exact) mass is 229 g/mol. The van der Waals surface area contributed by atoms with E-state index < -0.39 is 18.0 Å². The summed E-state index contributed by atoms with van der Waals surface area (Å²) in [6.45, 7) is 4.08. The van der Waals surface area contributed by atoms with Gasteiger partial charge in [-0.15, -0.1) is 4.91 Å². The lowest BCUT2D eigenvalue weighted by Crippen LogP contribution is -2.42. The summed E-state index contributed by atoms with van der Waals surface area (Å²) in [5.74, 6) is -0.313. The molecule has 0 rings (SSSR count). The summed E-state index contributed by atoms with van der Waals surface area (Å²) in [7, 11) is 0. The maximum atomic E-state index is 11.5. The van der Waals surface area contributed by atoms with Crippen LogP contribution in [0.1, 0.15) is 26.7 Å².